The fourth-order valence-electron chi connectivity index (χ4n) is 2.89. The van der Waals surface area contributed by atoms with E-state index in [1.807, 2.05) is 5.38 Å². The summed E-state index contributed by atoms with van der Waals surface area (Å²) in [5, 5.41) is 8.11. The number of hydrogen-bond acceptors (Lipinski definition) is 5. The Kier molecular flexibility index (Phi) is 6.41. The molecule has 1 atom stereocenters. The third kappa shape index (κ3) is 4.74. The average molecular weight is 408 g/mol. The number of carbonyl (C=O) groups excluding carboxylic acids is 2. The number of anilines is 1. The van der Waals surface area contributed by atoms with E-state index < -0.39 is 17.6 Å². The first-order valence-electron chi connectivity index (χ1n) is 9.17. The molecule has 1 heterocycles. The first-order chi connectivity index (χ1) is 13.4. The van der Waals surface area contributed by atoms with Gasteiger partial charge in [0.25, 0.3) is 0 Å². The van der Waals surface area contributed by atoms with Crippen molar-refractivity contribution in [1.82, 2.24) is 5.32 Å². The molecule has 1 saturated carbocycles. The van der Waals surface area contributed by atoms with Crippen LogP contribution < -0.4 is 10.6 Å². The van der Waals surface area contributed by atoms with Gasteiger partial charge in [-0.3, -0.25) is 4.79 Å². The summed E-state index contributed by atoms with van der Waals surface area (Å²) >= 11 is 1.31. The van der Waals surface area contributed by atoms with Crippen molar-refractivity contribution in [1.29, 1.82) is 0 Å². The Bertz CT molecular complexity index is 880. The van der Waals surface area contributed by atoms with Crippen LogP contribution in [0.15, 0.2) is 23.6 Å². The van der Waals surface area contributed by atoms with Gasteiger partial charge in [0.05, 0.1) is 18.7 Å². The van der Waals surface area contributed by atoms with Gasteiger partial charge in [0.1, 0.15) is 5.00 Å². The molecule has 0 aliphatic heterocycles. The predicted molar refractivity (Wildman–Crippen MR) is 104 cm³/mol. The number of benzene rings is 1. The first-order valence-corrected chi connectivity index (χ1v) is 10.0. The van der Waals surface area contributed by atoms with Crippen molar-refractivity contribution < 1.29 is 23.1 Å². The van der Waals surface area contributed by atoms with Gasteiger partial charge in [0.2, 0.25) is 5.91 Å². The van der Waals surface area contributed by atoms with Crippen LogP contribution in [0.25, 0.3) is 0 Å². The number of ether oxygens (including phenoxy) is 1. The second-order valence-corrected chi connectivity index (χ2v) is 7.59. The largest absolute Gasteiger partial charge is 0.462 e. The molecule has 28 heavy (non-hydrogen) atoms. The number of carbonyl (C=O) groups is 2. The SMILES string of the molecule is CCOC(=O)c1c(C2CC2)csc1NC(=O)CN[C@@H](C)c1ccc(F)c(F)c1. The molecular formula is C20H22F2N2O3S. The quantitative estimate of drug-likeness (QED) is 0.637. The van der Waals surface area contributed by atoms with Crippen molar-refractivity contribution in [2.45, 2.75) is 38.6 Å². The third-order valence-electron chi connectivity index (χ3n) is 4.58. The van der Waals surface area contributed by atoms with Gasteiger partial charge in [-0.1, -0.05) is 6.07 Å². The predicted octanol–water partition coefficient (Wildman–Crippen LogP) is 4.37. The number of amides is 1. The van der Waals surface area contributed by atoms with Gasteiger partial charge in [0.15, 0.2) is 11.6 Å². The van der Waals surface area contributed by atoms with Crippen molar-refractivity contribution >= 4 is 28.2 Å². The zero-order chi connectivity index (χ0) is 20.3. The van der Waals surface area contributed by atoms with E-state index in [0.717, 1.165) is 30.5 Å². The van der Waals surface area contributed by atoms with Crippen molar-refractivity contribution in [3.8, 4) is 0 Å². The van der Waals surface area contributed by atoms with Gasteiger partial charge < -0.3 is 15.4 Å². The highest BCUT2D eigenvalue weighted by Crippen LogP contribution is 2.46. The van der Waals surface area contributed by atoms with Gasteiger partial charge >= 0.3 is 5.97 Å². The van der Waals surface area contributed by atoms with E-state index in [2.05, 4.69) is 10.6 Å². The van der Waals surface area contributed by atoms with Gasteiger partial charge in [-0.05, 0) is 61.2 Å². The molecule has 1 fully saturated rings. The lowest BCUT2D eigenvalue weighted by Crippen LogP contribution is -2.30. The van der Waals surface area contributed by atoms with E-state index in [0.29, 0.717) is 22.0 Å². The first kappa shape index (κ1) is 20.4. The molecule has 150 valence electrons. The minimum atomic E-state index is -0.930. The van der Waals surface area contributed by atoms with E-state index in [9.17, 15) is 18.4 Å². The van der Waals surface area contributed by atoms with Crippen LogP contribution in [-0.2, 0) is 9.53 Å². The second kappa shape index (κ2) is 8.79. The van der Waals surface area contributed by atoms with E-state index in [-0.39, 0.29) is 25.1 Å². The fraction of sp³-hybridized carbons (Fsp3) is 0.400. The minimum absolute atomic E-state index is 0.0426. The Balaban J connectivity index is 1.63. The van der Waals surface area contributed by atoms with Crippen molar-refractivity contribution in [3.05, 3.63) is 51.9 Å². The summed E-state index contributed by atoms with van der Waals surface area (Å²) in [6, 6.07) is 3.27. The molecular weight excluding hydrogens is 386 g/mol. The molecule has 0 saturated heterocycles. The minimum Gasteiger partial charge on any atom is -0.462 e. The highest BCUT2D eigenvalue weighted by atomic mass is 32.1. The smallest absolute Gasteiger partial charge is 0.341 e. The monoisotopic (exact) mass is 408 g/mol. The molecule has 0 radical (unpaired) electrons. The lowest BCUT2D eigenvalue weighted by Gasteiger charge is -2.14. The maximum absolute atomic E-state index is 13.4. The summed E-state index contributed by atoms with van der Waals surface area (Å²) in [6.07, 6.45) is 2.06. The summed E-state index contributed by atoms with van der Waals surface area (Å²) < 4.78 is 31.5. The molecule has 1 aromatic heterocycles. The zero-order valence-electron chi connectivity index (χ0n) is 15.7. The number of rotatable bonds is 8. The summed E-state index contributed by atoms with van der Waals surface area (Å²) in [5.74, 6) is -2.24. The van der Waals surface area contributed by atoms with E-state index in [4.69, 9.17) is 4.74 Å². The Morgan fingerprint density at radius 2 is 2.04 bits per heavy atom. The maximum Gasteiger partial charge on any atom is 0.341 e. The molecule has 1 aliphatic carbocycles. The molecule has 8 heteroatoms. The summed E-state index contributed by atoms with van der Waals surface area (Å²) in [6.45, 7) is 3.71. The van der Waals surface area contributed by atoms with Crippen LogP contribution in [-0.4, -0.2) is 25.0 Å². The van der Waals surface area contributed by atoms with Gasteiger partial charge in [-0.2, -0.15) is 0 Å². The molecule has 5 nitrogen and oxygen atoms in total. The molecule has 3 rings (SSSR count). The molecule has 1 aromatic carbocycles. The Morgan fingerprint density at radius 1 is 1.29 bits per heavy atom. The fourth-order valence-corrected chi connectivity index (χ4v) is 3.93. The molecule has 2 N–H and O–H groups in total. The van der Waals surface area contributed by atoms with Crippen LogP contribution in [0.5, 0.6) is 0 Å². The maximum atomic E-state index is 13.4. The van der Waals surface area contributed by atoms with Crippen molar-refractivity contribution in [2.24, 2.45) is 0 Å². The molecule has 0 unspecified atom stereocenters. The van der Waals surface area contributed by atoms with Crippen LogP contribution in [0.1, 0.15) is 60.1 Å². The molecule has 0 spiro atoms. The molecule has 2 aromatic rings. The number of hydrogen-bond donors (Lipinski definition) is 2. The van der Waals surface area contributed by atoms with Crippen LogP contribution in [0.3, 0.4) is 0 Å². The molecule has 1 aliphatic rings. The summed E-state index contributed by atoms with van der Waals surface area (Å²) in [7, 11) is 0. The van der Waals surface area contributed by atoms with Gasteiger partial charge in [-0.25, -0.2) is 13.6 Å². The Labute approximate surface area is 166 Å². The van der Waals surface area contributed by atoms with Crippen molar-refractivity contribution in [2.75, 3.05) is 18.5 Å². The van der Waals surface area contributed by atoms with Crippen LogP contribution in [0, 0.1) is 11.6 Å². The molecule has 0 bridgehead atoms. The van der Waals surface area contributed by atoms with Crippen LogP contribution >= 0.6 is 11.3 Å². The van der Waals surface area contributed by atoms with Crippen molar-refractivity contribution in [3.63, 3.8) is 0 Å². The molecule has 1 amide bonds. The zero-order valence-corrected chi connectivity index (χ0v) is 16.5. The highest BCUT2D eigenvalue weighted by molar-refractivity contribution is 7.15. The Morgan fingerprint density at radius 3 is 2.68 bits per heavy atom. The lowest BCUT2D eigenvalue weighted by atomic mass is 10.1. The van der Waals surface area contributed by atoms with Crippen LogP contribution in [0.2, 0.25) is 0 Å². The van der Waals surface area contributed by atoms with Gasteiger partial charge in [-0.15, -0.1) is 11.3 Å². The normalized spacial score (nSPS) is 14.6. The number of esters is 1. The number of nitrogens with one attached hydrogen (secondary N) is 2. The highest BCUT2D eigenvalue weighted by Gasteiger charge is 2.32. The number of halogens is 2. The van der Waals surface area contributed by atoms with Crippen LogP contribution in [0.4, 0.5) is 13.8 Å². The van der Waals surface area contributed by atoms with Gasteiger partial charge in [0, 0.05) is 6.04 Å². The summed E-state index contributed by atoms with van der Waals surface area (Å²) in [4.78, 5) is 24.7. The standard InChI is InChI=1S/C20H22F2N2O3S/c1-3-27-20(26)18-14(12-4-5-12)10-28-19(18)24-17(25)9-23-11(2)13-6-7-15(21)16(22)8-13/h6-8,10-12,23H,3-5,9H2,1-2H3,(H,24,25)/t11-/m0/s1. The average Bonchev–Trinajstić information content (AvgIpc) is 3.42. The lowest BCUT2D eigenvalue weighted by molar-refractivity contribution is -0.115. The number of thiophene rings is 1. The second-order valence-electron chi connectivity index (χ2n) is 6.71. The topological polar surface area (TPSA) is 67.4 Å². The van der Waals surface area contributed by atoms with E-state index in [1.54, 1.807) is 13.8 Å². The van der Waals surface area contributed by atoms with E-state index in [1.165, 1.54) is 17.4 Å². The summed E-state index contributed by atoms with van der Waals surface area (Å²) in [5.41, 5.74) is 1.91. The van der Waals surface area contributed by atoms with E-state index >= 15 is 0 Å². The Hall–Kier alpha value is -2.32. The third-order valence-corrected chi connectivity index (χ3v) is 5.50.